The first-order valence-electron chi connectivity index (χ1n) is 9.67. The van der Waals surface area contributed by atoms with E-state index in [9.17, 15) is 19.7 Å². The fraction of sp³-hybridized carbons (Fsp3) is 0.304. The van der Waals surface area contributed by atoms with Crippen molar-refractivity contribution in [1.82, 2.24) is 5.32 Å². The van der Waals surface area contributed by atoms with Crippen LogP contribution in [0.15, 0.2) is 54.2 Å². The van der Waals surface area contributed by atoms with Crippen LogP contribution in [0.25, 0.3) is 6.08 Å². The molecule has 0 saturated carbocycles. The van der Waals surface area contributed by atoms with Gasteiger partial charge in [0.2, 0.25) is 5.91 Å². The number of hydrogen-bond acceptors (Lipinski definition) is 4. The van der Waals surface area contributed by atoms with Crippen molar-refractivity contribution in [2.24, 2.45) is 5.41 Å². The first-order chi connectivity index (χ1) is 14.0. The smallest absolute Gasteiger partial charge is 0.292 e. The van der Waals surface area contributed by atoms with Crippen LogP contribution in [0.4, 0.5) is 11.4 Å². The third kappa shape index (κ3) is 6.01. The Bertz CT molecular complexity index is 971. The molecule has 0 radical (unpaired) electrons. The van der Waals surface area contributed by atoms with Gasteiger partial charge in [-0.15, -0.1) is 0 Å². The lowest BCUT2D eigenvalue weighted by Gasteiger charge is -2.19. The highest BCUT2D eigenvalue weighted by atomic mass is 16.6. The molecule has 0 spiro atoms. The Morgan fingerprint density at radius 3 is 2.17 bits per heavy atom. The van der Waals surface area contributed by atoms with E-state index in [0.717, 1.165) is 11.1 Å². The van der Waals surface area contributed by atoms with Gasteiger partial charge in [-0.05, 0) is 29.2 Å². The van der Waals surface area contributed by atoms with Gasteiger partial charge < -0.3 is 10.6 Å². The minimum absolute atomic E-state index is 0.00497. The number of nitrogens with zero attached hydrogens (tertiary/aromatic N) is 1. The van der Waals surface area contributed by atoms with Crippen molar-refractivity contribution < 1.29 is 14.5 Å². The summed E-state index contributed by atoms with van der Waals surface area (Å²) in [7, 11) is 0. The van der Waals surface area contributed by atoms with Crippen LogP contribution in [0.2, 0.25) is 0 Å². The van der Waals surface area contributed by atoms with E-state index in [1.54, 1.807) is 32.9 Å². The van der Waals surface area contributed by atoms with E-state index < -0.39 is 16.2 Å². The van der Waals surface area contributed by atoms with Crippen molar-refractivity contribution in [3.05, 3.63) is 75.5 Å². The van der Waals surface area contributed by atoms with E-state index in [4.69, 9.17) is 0 Å². The zero-order valence-electron chi connectivity index (χ0n) is 17.9. The van der Waals surface area contributed by atoms with Gasteiger partial charge in [-0.3, -0.25) is 19.7 Å². The molecule has 2 aromatic carbocycles. The third-order valence-corrected chi connectivity index (χ3v) is 4.44. The highest BCUT2D eigenvalue weighted by molar-refractivity contribution is 6.09. The highest BCUT2D eigenvalue weighted by Crippen LogP contribution is 2.24. The molecule has 2 amide bonds. The molecule has 0 aromatic heterocycles. The number of amides is 2. The van der Waals surface area contributed by atoms with Crippen molar-refractivity contribution >= 4 is 29.3 Å². The molecule has 0 saturated heterocycles. The van der Waals surface area contributed by atoms with Crippen LogP contribution in [0.3, 0.4) is 0 Å². The van der Waals surface area contributed by atoms with Crippen LogP contribution < -0.4 is 10.6 Å². The molecule has 158 valence electrons. The van der Waals surface area contributed by atoms with Crippen LogP contribution in [0.5, 0.6) is 0 Å². The van der Waals surface area contributed by atoms with Gasteiger partial charge in [-0.2, -0.15) is 0 Å². The number of nitro groups is 1. The average Bonchev–Trinajstić information content (AvgIpc) is 2.67. The van der Waals surface area contributed by atoms with Crippen LogP contribution in [-0.4, -0.2) is 16.7 Å². The second-order valence-corrected chi connectivity index (χ2v) is 8.31. The maximum Gasteiger partial charge on any atom is 0.292 e. The van der Waals surface area contributed by atoms with Crippen LogP contribution in [0, 0.1) is 15.5 Å². The molecule has 7 heteroatoms. The lowest BCUT2D eigenvalue weighted by atomic mass is 9.95. The summed E-state index contributed by atoms with van der Waals surface area (Å²) in [6.07, 6.45) is 1.55. The molecule has 0 aliphatic rings. The Balaban J connectivity index is 2.39. The summed E-state index contributed by atoms with van der Waals surface area (Å²) in [5.41, 5.74) is 0.982. The van der Waals surface area contributed by atoms with Gasteiger partial charge in [0.05, 0.1) is 4.92 Å². The van der Waals surface area contributed by atoms with Gasteiger partial charge >= 0.3 is 0 Å². The van der Waals surface area contributed by atoms with Crippen LogP contribution >= 0.6 is 0 Å². The third-order valence-electron chi connectivity index (χ3n) is 4.44. The first kappa shape index (κ1) is 22.8. The maximum atomic E-state index is 12.9. The number of rotatable bonds is 6. The summed E-state index contributed by atoms with van der Waals surface area (Å²) in [6.45, 7) is 9.37. The summed E-state index contributed by atoms with van der Waals surface area (Å²) in [5, 5.41) is 16.4. The molecule has 0 fully saturated rings. The first-order valence-corrected chi connectivity index (χ1v) is 9.67. The normalized spacial score (nSPS) is 11.9. The summed E-state index contributed by atoms with van der Waals surface area (Å²) in [5.74, 6) is -0.620. The van der Waals surface area contributed by atoms with Gasteiger partial charge in [-0.25, -0.2) is 0 Å². The van der Waals surface area contributed by atoms with E-state index in [-0.39, 0.29) is 23.0 Å². The number of benzene rings is 2. The zero-order valence-corrected chi connectivity index (χ0v) is 17.9. The van der Waals surface area contributed by atoms with E-state index in [1.165, 1.54) is 18.2 Å². The summed E-state index contributed by atoms with van der Waals surface area (Å²) >= 11 is 0. The highest BCUT2D eigenvalue weighted by Gasteiger charge is 2.25. The molecule has 0 heterocycles. The fourth-order valence-electron chi connectivity index (χ4n) is 2.54. The fourth-order valence-corrected chi connectivity index (χ4v) is 2.54. The monoisotopic (exact) mass is 409 g/mol. The predicted octanol–water partition coefficient (Wildman–Crippen LogP) is 4.86. The molecule has 2 N–H and O–H groups in total. The Morgan fingerprint density at radius 2 is 1.63 bits per heavy atom. The summed E-state index contributed by atoms with van der Waals surface area (Å²) < 4.78 is 0. The van der Waals surface area contributed by atoms with E-state index in [1.807, 2.05) is 24.3 Å². The topological polar surface area (TPSA) is 101 Å². The maximum absolute atomic E-state index is 12.9. The molecule has 0 aliphatic heterocycles. The van der Waals surface area contributed by atoms with Gasteiger partial charge in [0, 0.05) is 11.5 Å². The van der Waals surface area contributed by atoms with E-state index >= 15 is 0 Å². The Kier molecular flexibility index (Phi) is 7.10. The number of carbonyl (C=O) groups excluding carboxylic acids is 2. The Morgan fingerprint density at radius 1 is 1.03 bits per heavy atom. The lowest BCUT2D eigenvalue weighted by Crippen LogP contribution is -2.38. The van der Waals surface area contributed by atoms with Crippen molar-refractivity contribution in [1.29, 1.82) is 0 Å². The minimum Gasteiger partial charge on any atom is -0.321 e. The molecule has 2 rings (SSSR count). The van der Waals surface area contributed by atoms with E-state index in [0.29, 0.717) is 5.92 Å². The molecule has 0 aliphatic carbocycles. The molecular weight excluding hydrogens is 382 g/mol. The van der Waals surface area contributed by atoms with Gasteiger partial charge in [-0.1, -0.05) is 71.0 Å². The second kappa shape index (κ2) is 9.35. The van der Waals surface area contributed by atoms with Crippen molar-refractivity contribution in [2.45, 2.75) is 40.5 Å². The molecule has 2 aromatic rings. The summed E-state index contributed by atoms with van der Waals surface area (Å²) in [4.78, 5) is 36.1. The van der Waals surface area contributed by atoms with Crippen molar-refractivity contribution in [3.8, 4) is 0 Å². The van der Waals surface area contributed by atoms with Crippen LogP contribution in [-0.2, 0) is 9.59 Å². The molecular formula is C23H27N3O4. The number of nitrogens with one attached hydrogen (secondary N) is 2. The molecule has 7 nitrogen and oxygen atoms in total. The zero-order chi connectivity index (χ0) is 22.5. The van der Waals surface area contributed by atoms with Gasteiger partial charge in [0.15, 0.2) is 0 Å². The lowest BCUT2D eigenvalue weighted by molar-refractivity contribution is -0.383. The molecule has 30 heavy (non-hydrogen) atoms. The number of carbonyl (C=O) groups is 2. The Hall–Kier alpha value is -3.48. The average molecular weight is 409 g/mol. The van der Waals surface area contributed by atoms with Crippen molar-refractivity contribution in [3.63, 3.8) is 0 Å². The Labute approximate surface area is 176 Å². The van der Waals surface area contributed by atoms with E-state index in [2.05, 4.69) is 24.5 Å². The minimum atomic E-state index is -0.723. The number of nitro benzene ring substituents is 1. The quantitative estimate of drug-likeness (QED) is 0.404. The molecule has 0 atom stereocenters. The molecule has 0 unspecified atom stereocenters. The SMILES string of the molecule is CC(C)c1ccc(/C=C(/NC(=O)C(C)(C)C)C(=O)Nc2ccccc2[N+](=O)[O-])cc1. The molecule has 0 bridgehead atoms. The largest absolute Gasteiger partial charge is 0.321 e. The second-order valence-electron chi connectivity index (χ2n) is 8.31. The number of para-hydroxylation sites is 2. The van der Waals surface area contributed by atoms with Gasteiger partial charge in [0.25, 0.3) is 11.6 Å². The summed E-state index contributed by atoms with van der Waals surface area (Å²) in [6, 6.07) is 13.5. The van der Waals surface area contributed by atoms with Gasteiger partial charge in [0.1, 0.15) is 11.4 Å². The van der Waals surface area contributed by atoms with Crippen LogP contribution in [0.1, 0.15) is 51.7 Å². The number of hydrogen-bond donors (Lipinski definition) is 2. The van der Waals surface area contributed by atoms with Crippen molar-refractivity contribution in [2.75, 3.05) is 5.32 Å². The predicted molar refractivity (Wildman–Crippen MR) is 118 cm³/mol. The number of anilines is 1. The standard InChI is InChI=1S/C23H27N3O4/c1-15(2)17-12-10-16(11-13-17)14-19(25-22(28)23(3,4)5)21(27)24-18-8-6-7-9-20(18)26(29)30/h6-15H,1-5H3,(H,24,27)(H,25,28)/b19-14+.